The Morgan fingerprint density at radius 1 is 1.52 bits per heavy atom. The van der Waals surface area contributed by atoms with E-state index < -0.39 is 10.9 Å². The highest BCUT2D eigenvalue weighted by Gasteiger charge is 2.25. The molecule has 0 aromatic carbocycles. The van der Waals surface area contributed by atoms with Gasteiger partial charge in [-0.15, -0.1) is 11.3 Å². The number of nitrogens with one attached hydrogen (secondary N) is 1. The smallest absolute Gasteiger partial charge is 0.356 e. The fraction of sp³-hybridized carbons (Fsp3) is 0.357. The van der Waals surface area contributed by atoms with Crippen LogP contribution in [0, 0.1) is 10.1 Å². The number of rotatable bonds is 4. The summed E-state index contributed by atoms with van der Waals surface area (Å²) in [7, 11) is 1.24. The number of anilines is 1. The molecule has 2 heterocycles. The number of ether oxygens (including phenoxy) is 1. The van der Waals surface area contributed by atoms with E-state index in [1.807, 2.05) is 5.51 Å². The normalized spacial score (nSPS) is 16.5. The molecule has 9 heteroatoms. The van der Waals surface area contributed by atoms with Gasteiger partial charge in [-0.05, 0) is 18.9 Å². The molecule has 0 saturated heterocycles. The van der Waals surface area contributed by atoms with Crippen molar-refractivity contribution in [2.45, 2.75) is 25.3 Å². The van der Waals surface area contributed by atoms with Crippen LogP contribution in [0.4, 0.5) is 11.5 Å². The standard InChI is InChI=1S/C14H14N4O4S/c1-22-14(19)10-4-5-11(18(20)21)13(17-10)16-8-2-3-9-12(6-8)23-7-15-9/h4-5,7-8H,2-3,6H2,1H3,(H,16,17)/t8-/m0/s1. The van der Waals surface area contributed by atoms with Gasteiger partial charge in [-0.3, -0.25) is 10.1 Å². The number of esters is 1. The number of nitro groups is 1. The lowest BCUT2D eigenvalue weighted by atomic mass is 9.97. The highest BCUT2D eigenvalue weighted by Crippen LogP contribution is 2.29. The largest absolute Gasteiger partial charge is 0.464 e. The Morgan fingerprint density at radius 3 is 3.09 bits per heavy atom. The number of fused-ring (bicyclic) bond motifs is 1. The maximum absolute atomic E-state index is 11.6. The van der Waals surface area contributed by atoms with Crippen LogP contribution in [0.2, 0.25) is 0 Å². The predicted molar refractivity (Wildman–Crippen MR) is 83.8 cm³/mol. The lowest BCUT2D eigenvalue weighted by Crippen LogP contribution is -2.27. The molecule has 0 bridgehead atoms. The summed E-state index contributed by atoms with van der Waals surface area (Å²) >= 11 is 1.58. The van der Waals surface area contributed by atoms with Crippen molar-refractivity contribution in [2.24, 2.45) is 0 Å². The number of methoxy groups -OCH3 is 1. The highest BCUT2D eigenvalue weighted by atomic mass is 32.1. The Bertz CT molecular complexity index is 761. The number of carbonyl (C=O) groups is 1. The summed E-state index contributed by atoms with van der Waals surface area (Å²) in [6.07, 6.45) is 2.36. The number of aromatic nitrogens is 2. The van der Waals surface area contributed by atoms with Gasteiger partial charge < -0.3 is 10.1 Å². The first-order valence-corrected chi connectivity index (χ1v) is 7.88. The van der Waals surface area contributed by atoms with Gasteiger partial charge in [-0.1, -0.05) is 0 Å². The minimum Gasteiger partial charge on any atom is -0.464 e. The maximum Gasteiger partial charge on any atom is 0.356 e. The molecule has 0 spiro atoms. The zero-order valence-corrected chi connectivity index (χ0v) is 13.1. The average Bonchev–Trinajstić information content (AvgIpc) is 3.01. The van der Waals surface area contributed by atoms with E-state index in [1.165, 1.54) is 24.1 Å². The number of carbonyl (C=O) groups excluding carboxylic acids is 1. The highest BCUT2D eigenvalue weighted by molar-refractivity contribution is 7.09. The van der Waals surface area contributed by atoms with Crippen LogP contribution >= 0.6 is 11.3 Å². The van der Waals surface area contributed by atoms with E-state index in [1.54, 1.807) is 11.3 Å². The van der Waals surface area contributed by atoms with Crippen LogP contribution in [-0.2, 0) is 17.6 Å². The van der Waals surface area contributed by atoms with Gasteiger partial charge in [-0.25, -0.2) is 14.8 Å². The van der Waals surface area contributed by atoms with Crippen molar-refractivity contribution in [2.75, 3.05) is 12.4 Å². The lowest BCUT2D eigenvalue weighted by molar-refractivity contribution is -0.384. The SMILES string of the molecule is COC(=O)c1ccc([N+](=O)[O-])c(N[C@H]2CCc3ncsc3C2)n1. The van der Waals surface area contributed by atoms with Crippen molar-refractivity contribution >= 4 is 28.8 Å². The van der Waals surface area contributed by atoms with Gasteiger partial charge in [0.05, 0.1) is 23.2 Å². The number of hydrogen-bond donors (Lipinski definition) is 1. The summed E-state index contributed by atoms with van der Waals surface area (Å²) in [6, 6.07) is 2.57. The molecule has 2 aromatic rings. The molecule has 1 aliphatic carbocycles. The van der Waals surface area contributed by atoms with Crippen LogP contribution in [0.15, 0.2) is 17.6 Å². The summed E-state index contributed by atoms with van der Waals surface area (Å²) in [5, 5.41) is 14.3. The van der Waals surface area contributed by atoms with E-state index in [-0.39, 0.29) is 23.2 Å². The second-order valence-electron chi connectivity index (χ2n) is 5.12. The van der Waals surface area contributed by atoms with E-state index in [4.69, 9.17) is 0 Å². The molecule has 8 nitrogen and oxygen atoms in total. The lowest BCUT2D eigenvalue weighted by Gasteiger charge is -2.22. The molecular formula is C14H14N4O4S. The third-order valence-electron chi connectivity index (χ3n) is 3.69. The Balaban J connectivity index is 1.86. The monoisotopic (exact) mass is 334 g/mol. The van der Waals surface area contributed by atoms with Crippen molar-refractivity contribution in [1.82, 2.24) is 9.97 Å². The Labute approximate surface area is 135 Å². The summed E-state index contributed by atoms with van der Waals surface area (Å²) in [5.74, 6) is -0.535. The molecule has 0 unspecified atom stereocenters. The quantitative estimate of drug-likeness (QED) is 0.519. The molecule has 1 atom stereocenters. The molecule has 120 valence electrons. The van der Waals surface area contributed by atoms with E-state index in [0.29, 0.717) is 0 Å². The summed E-state index contributed by atoms with van der Waals surface area (Å²) in [5.41, 5.74) is 2.78. The first-order chi connectivity index (χ1) is 11.1. The first kappa shape index (κ1) is 15.3. The number of nitrogens with zero attached hydrogens (tertiary/aromatic N) is 3. The molecule has 0 radical (unpaired) electrons. The minimum absolute atomic E-state index is 0.0158. The molecule has 2 aromatic heterocycles. The van der Waals surface area contributed by atoms with Gasteiger partial charge in [0.15, 0.2) is 5.69 Å². The Morgan fingerprint density at radius 2 is 2.35 bits per heavy atom. The molecule has 0 amide bonds. The van der Waals surface area contributed by atoms with Gasteiger partial charge in [0, 0.05) is 23.4 Å². The van der Waals surface area contributed by atoms with Gasteiger partial charge in [0.25, 0.3) is 0 Å². The van der Waals surface area contributed by atoms with Crippen molar-refractivity contribution < 1.29 is 14.5 Å². The number of thiazole rings is 1. The molecule has 0 saturated carbocycles. The van der Waals surface area contributed by atoms with Gasteiger partial charge in [0.1, 0.15) is 0 Å². The van der Waals surface area contributed by atoms with Crippen LogP contribution in [0.3, 0.4) is 0 Å². The zero-order valence-electron chi connectivity index (χ0n) is 12.3. The van der Waals surface area contributed by atoms with Crippen LogP contribution < -0.4 is 5.32 Å². The van der Waals surface area contributed by atoms with Gasteiger partial charge in [0.2, 0.25) is 5.82 Å². The third kappa shape index (κ3) is 3.14. The van der Waals surface area contributed by atoms with Crippen molar-refractivity contribution in [3.8, 4) is 0 Å². The third-order valence-corrected chi connectivity index (χ3v) is 4.59. The van der Waals surface area contributed by atoms with Crippen LogP contribution in [0.1, 0.15) is 27.5 Å². The first-order valence-electron chi connectivity index (χ1n) is 7.00. The van der Waals surface area contributed by atoms with E-state index in [2.05, 4.69) is 20.0 Å². The molecule has 23 heavy (non-hydrogen) atoms. The summed E-state index contributed by atoms with van der Waals surface area (Å²) in [6.45, 7) is 0. The topological polar surface area (TPSA) is 107 Å². The van der Waals surface area contributed by atoms with E-state index >= 15 is 0 Å². The predicted octanol–water partition coefficient (Wildman–Crippen LogP) is 2.20. The molecule has 0 fully saturated rings. The zero-order chi connectivity index (χ0) is 16.4. The number of hydrogen-bond acceptors (Lipinski definition) is 8. The van der Waals surface area contributed by atoms with Gasteiger partial charge >= 0.3 is 11.7 Å². The molecule has 1 N–H and O–H groups in total. The number of aryl methyl sites for hydroxylation is 1. The van der Waals surface area contributed by atoms with Crippen molar-refractivity contribution in [3.63, 3.8) is 0 Å². The average molecular weight is 334 g/mol. The molecule has 3 rings (SSSR count). The van der Waals surface area contributed by atoms with Crippen LogP contribution in [-0.4, -0.2) is 34.0 Å². The number of pyridine rings is 1. The maximum atomic E-state index is 11.6. The van der Waals surface area contributed by atoms with Crippen LogP contribution in [0.25, 0.3) is 0 Å². The van der Waals surface area contributed by atoms with Crippen molar-refractivity contribution in [1.29, 1.82) is 0 Å². The fourth-order valence-electron chi connectivity index (χ4n) is 2.54. The molecule has 1 aliphatic rings. The second-order valence-corrected chi connectivity index (χ2v) is 6.06. The minimum atomic E-state index is -0.628. The summed E-state index contributed by atoms with van der Waals surface area (Å²) < 4.78 is 4.61. The Kier molecular flexibility index (Phi) is 4.20. The molecule has 0 aliphatic heterocycles. The van der Waals surface area contributed by atoms with Crippen molar-refractivity contribution in [3.05, 3.63) is 44.0 Å². The molecular weight excluding hydrogens is 320 g/mol. The Hall–Kier alpha value is -2.55. The summed E-state index contributed by atoms with van der Waals surface area (Å²) in [4.78, 5) is 31.8. The van der Waals surface area contributed by atoms with Gasteiger partial charge in [-0.2, -0.15) is 0 Å². The second kappa shape index (κ2) is 6.29. The fourth-order valence-corrected chi connectivity index (χ4v) is 3.44. The van der Waals surface area contributed by atoms with E-state index in [9.17, 15) is 14.9 Å². The van der Waals surface area contributed by atoms with E-state index in [0.717, 1.165) is 25.0 Å². The van der Waals surface area contributed by atoms with Crippen LogP contribution in [0.5, 0.6) is 0 Å².